The van der Waals surface area contributed by atoms with E-state index in [4.69, 9.17) is 4.84 Å². The van der Waals surface area contributed by atoms with Gasteiger partial charge in [0.05, 0.1) is 13.0 Å². The summed E-state index contributed by atoms with van der Waals surface area (Å²) in [4.78, 5) is 28.0. The third kappa shape index (κ3) is 2.79. The van der Waals surface area contributed by atoms with Crippen molar-refractivity contribution < 1.29 is 23.6 Å². The average Bonchev–Trinajstić information content (AvgIpc) is 2.44. The van der Waals surface area contributed by atoms with Crippen LogP contribution in [0.4, 0.5) is 4.39 Å². The van der Waals surface area contributed by atoms with Crippen molar-refractivity contribution in [3.63, 3.8) is 0 Å². The summed E-state index contributed by atoms with van der Waals surface area (Å²) in [6.07, 6.45) is 2.84. The Morgan fingerprint density at radius 3 is 3.00 bits per heavy atom. The number of benzene rings is 1. The monoisotopic (exact) mass is 279 g/mol. The van der Waals surface area contributed by atoms with Gasteiger partial charge in [-0.3, -0.25) is 4.79 Å². The van der Waals surface area contributed by atoms with E-state index in [0.717, 1.165) is 0 Å². The van der Waals surface area contributed by atoms with Crippen LogP contribution in [0.15, 0.2) is 30.4 Å². The highest BCUT2D eigenvalue weighted by atomic mass is 19.1. The lowest BCUT2D eigenvalue weighted by Gasteiger charge is -2.27. The minimum atomic E-state index is -0.555. The zero-order valence-electron chi connectivity index (χ0n) is 11.1. The number of hydroxylamine groups is 1. The summed E-state index contributed by atoms with van der Waals surface area (Å²) in [6, 6.07) is 3.99. The summed E-state index contributed by atoms with van der Waals surface area (Å²) in [6.45, 7) is 1.78. The number of halogens is 1. The van der Waals surface area contributed by atoms with Gasteiger partial charge in [-0.05, 0) is 12.0 Å². The van der Waals surface area contributed by atoms with E-state index in [0.29, 0.717) is 5.56 Å². The normalized spacial score (nSPS) is 18.9. The summed E-state index contributed by atoms with van der Waals surface area (Å²) in [5, 5.41) is 0. The maximum atomic E-state index is 13.2. The number of carbonyl (C=O) groups is 2. The summed E-state index contributed by atoms with van der Waals surface area (Å²) in [7, 11) is 1.27. The number of hydrogen-bond acceptors (Lipinski definition) is 4. The van der Waals surface area contributed by atoms with Crippen LogP contribution in [0.1, 0.15) is 18.4 Å². The van der Waals surface area contributed by atoms with Crippen molar-refractivity contribution >= 4 is 11.9 Å². The van der Waals surface area contributed by atoms with Crippen LogP contribution >= 0.6 is 0 Å². The first-order valence-electron chi connectivity index (χ1n) is 6.05. The first kappa shape index (κ1) is 14.0. The molecule has 2 unspecified atom stereocenters. The number of allylic oxidation sites excluding steroid dienone is 1. The molecule has 1 N–H and O–H groups in total. The standard InChI is InChI=1S/C14H14FNO4/c1-8(3-6-12(17)19-2)13-10-5-4-9(15)7-11(10)20-16-14(13)18/h3-8,13H,1-2H3,(H,16,18)/b6-3+. The number of esters is 1. The predicted octanol–water partition coefficient (Wildman–Crippen LogP) is 1.70. The highest BCUT2D eigenvalue weighted by Gasteiger charge is 2.33. The third-order valence-electron chi connectivity index (χ3n) is 3.12. The summed E-state index contributed by atoms with van der Waals surface area (Å²) in [5.74, 6) is -1.85. The van der Waals surface area contributed by atoms with Gasteiger partial charge < -0.3 is 9.57 Å². The van der Waals surface area contributed by atoms with Crippen LogP contribution in [0.5, 0.6) is 5.75 Å². The highest BCUT2D eigenvalue weighted by molar-refractivity contribution is 5.86. The molecule has 1 aromatic carbocycles. The Hall–Kier alpha value is -2.37. The van der Waals surface area contributed by atoms with Gasteiger partial charge in [0.2, 0.25) is 0 Å². The van der Waals surface area contributed by atoms with E-state index in [-0.39, 0.29) is 17.6 Å². The van der Waals surface area contributed by atoms with Crippen LogP contribution in [0.25, 0.3) is 0 Å². The van der Waals surface area contributed by atoms with E-state index in [1.54, 1.807) is 13.0 Å². The van der Waals surface area contributed by atoms with Gasteiger partial charge in [-0.1, -0.05) is 19.1 Å². The maximum absolute atomic E-state index is 13.2. The predicted molar refractivity (Wildman–Crippen MR) is 68.2 cm³/mol. The zero-order chi connectivity index (χ0) is 14.7. The summed E-state index contributed by atoms with van der Waals surface area (Å²) >= 11 is 0. The number of fused-ring (bicyclic) bond motifs is 1. The number of methoxy groups -OCH3 is 1. The lowest BCUT2D eigenvalue weighted by Crippen LogP contribution is -2.39. The van der Waals surface area contributed by atoms with E-state index in [1.165, 1.54) is 31.4 Å². The van der Waals surface area contributed by atoms with E-state index in [9.17, 15) is 14.0 Å². The van der Waals surface area contributed by atoms with E-state index >= 15 is 0 Å². The van der Waals surface area contributed by atoms with Gasteiger partial charge in [-0.15, -0.1) is 0 Å². The van der Waals surface area contributed by atoms with Crippen molar-refractivity contribution in [1.29, 1.82) is 0 Å². The molecule has 106 valence electrons. The Kier molecular flexibility index (Phi) is 4.02. The molecule has 0 fully saturated rings. The minimum Gasteiger partial charge on any atom is -0.466 e. The molecule has 1 heterocycles. The Bertz CT molecular complexity index is 570. The van der Waals surface area contributed by atoms with Gasteiger partial charge in [-0.2, -0.15) is 5.48 Å². The quantitative estimate of drug-likeness (QED) is 0.675. The molecule has 1 aliphatic rings. The summed E-state index contributed by atoms with van der Waals surface area (Å²) in [5.41, 5.74) is 2.82. The number of carbonyl (C=O) groups excluding carboxylic acids is 2. The fraction of sp³-hybridized carbons (Fsp3) is 0.286. The van der Waals surface area contributed by atoms with Gasteiger partial charge in [0.15, 0.2) is 5.75 Å². The molecule has 0 radical (unpaired) electrons. The number of rotatable bonds is 3. The first-order valence-corrected chi connectivity index (χ1v) is 6.05. The fourth-order valence-corrected chi connectivity index (χ4v) is 2.10. The van der Waals surface area contributed by atoms with Gasteiger partial charge in [0.25, 0.3) is 5.91 Å². The summed E-state index contributed by atoms with van der Waals surface area (Å²) < 4.78 is 17.7. The van der Waals surface area contributed by atoms with Crippen LogP contribution in [0.2, 0.25) is 0 Å². The minimum absolute atomic E-state index is 0.271. The topological polar surface area (TPSA) is 64.6 Å². The number of amides is 1. The second-order valence-corrected chi connectivity index (χ2v) is 4.47. The number of hydrogen-bond donors (Lipinski definition) is 1. The molecule has 0 aromatic heterocycles. The maximum Gasteiger partial charge on any atom is 0.330 e. The van der Waals surface area contributed by atoms with Gasteiger partial charge in [0, 0.05) is 17.7 Å². The van der Waals surface area contributed by atoms with Crippen LogP contribution in [0, 0.1) is 11.7 Å². The van der Waals surface area contributed by atoms with Crippen LogP contribution in [-0.2, 0) is 14.3 Å². The van der Waals surface area contributed by atoms with Gasteiger partial charge in [-0.25, -0.2) is 9.18 Å². The van der Waals surface area contributed by atoms with Crippen molar-refractivity contribution in [1.82, 2.24) is 5.48 Å². The van der Waals surface area contributed by atoms with Crippen LogP contribution < -0.4 is 10.3 Å². The van der Waals surface area contributed by atoms with Crippen molar-refractivity contribution in [2.75, 3.05) is 7.11 Å². The molecule has 1 aliphatic heterocycles. The lowest BCUT2D eigenvalue weighted by atomic mass is 9.85. The lowest BCUT2D eigenvalue weighted by molar-refractivity contribution is -0.135. The van der Waals surface area contributed by atoms with Crippen molar-refractivity contribution in [3.8, 4) is 5.75 Å². The van der Waals surface area contributed by atoms with Crippen LogP contribution in [0.3, 0.4) is 0 Å². The molecule has 2 atom stereocenters. The zero-order valence-corrected chi connectivity index (χ0v) is 11.1. The van der Waals surface area contributed by atoms with Gasteiger partial charge in [0.1, 0.15) is 5.82 Å². The Balaban J connectivity index is 2.29. The second-order valence-electron chi connectivity index (χ2n) is 4.47. The SMILES string of the molecule is COC(=O)/C=C/C(C)C1C(=O)NOc2cc(F)ccc21. The second kappa shape index (κ2) is 5.73. The van der Waals surface area contributed by atoms with Crippen molar-refractivity contribution in [2.24, 2.45) is 5.92 Å². The number of ether oxygens (including phenoxy) is 1. The molecular weight excluding hydrogens is 265 g/mol. The first-order chi connectivity index (χ1) is 9.52. The molecule has 0 aliphatic carbocycles. The Labute approximate surface area is 115 Å². The molecule has 6 heteroatoms. The van der Waals surface area contributed by atoms with E-state index < -0.39 is 17.7 Å². The molecule has 0 saturated heterocycles. The molecule has 0 spiro atoms. The van der Waals surface area contributed by atoms with E-state index in [2.05, 4.69) is 10.2 Å². The molecule has 20 heavy (non-hydrogen) atoms. The highest BCUT2D eigenvalue weighted by Crippen LogP contribution is 2.35. The smallest absolute Gasteiger partial charge is 0.330 e. The van der Waals surface area contributed by atoms with Crippen LogP contribution in [-0.4, -0.2) is 19.0 Å². The molecule has 1 aromatic rings. The fourth-order valence-electron chi connectivity index (χ4n) is 2.10. The molecular formula is C14H14FNO4. The molecule has 0 bridgehead atoms. The molecule has 5 nitrogen and oxygen atoms in total. The molecule has 1 amide bonds. The van der Waals surface area contributed by atoms with Crippen molar-refractivity contribution in [3.05, 3.63) is 41.7 Å². The number of nitrogens with one attached hydrogen (secondary N) is 1. The molecule has 2 rings (SSSR count). The largest absolute Gasteiger partial charge is 0.466 e. The Morgan fingerprint density at radius 2 is 2.30 bits per heavy atom. The third-order valence-corrected chi connectivity index (χ3v) is 3.12. The molecule has 0 saturated carbocycles. The Morgan fingerprint density at radius 1 is 1.55 bits per heavy atom. The van der Waals surface area contributed by atoms with E-state index in [1.807, 2.05) is 0 Å². The average molecular weight is 279 g/mol. The van der Waals surface area contributed by atoms with Gasteiger partial charge >= 0.3 is 5.97 Å². The van der Waals surface area contributed by atoms with Crippen molar-refractivity contribution in [2.45, 2.75) is 12.8 Å².